The predicted octanol–water partition coefficient (Wildman–Crippen LogP) is 5.69. The fourth-order valence-corrected chi connectivity index (χ4v) is 2.59. The summed E-state index contributed by atoms with van der Waals surface area (Å²) >= 11 is 0. The average molecular weight is 337 g/mol. The first-order valence-electron chi connectivity index (χ1n) is 9.67. The molecule has 2 N–H and O–H groups in total. The Balaban J connectivity index is 4.46. The SMILES string of the molecule is CC/C=C(C(=O)NNCCCCCCCC)\C(C)=C(/C)C(C)(C)C. The van der Waals surface area contributed by atoms with Gasteiger partial charge in [-0.2, -0.15) is 0 Å². The zero-order valence-electron chi connectivity index (χ0n) is 17.1. The first kappa shape index (κ1) is 22.9. The van der Waals surface area contributed by atoms with Crippen LogP contribution in [0.25, 0.3) is 0 Å². The van der Waals surface area contributed by atoms with Crippen LogP contribution in [0.4, 0.5) is 0 Å². The number of hydrogen-bond donors (Lipinski definition) is 2. The molecule has 0 aliphatic rings. The van der Waals surface area contributed by atoms with Gasteiger partial charge in [-0.25, -0.2) is 5.43 Å². The van der Waals surface area contributed by atoms with E-state index < -0.39 is 0 Å². The molecule has 0 aromatic rings. The number of hydrogen-bond acceptors (Lipinski definition) is 2. The van der Waals surface area contributed by atoms with Gasteiger partial charge in [0.1, 0.15) is 0 Å². The van der Waals surface area contributed by atoms with Gasteiger partial charge in [0.2, 0.25) is 0 Å². The molecular formula is C21H40N2O. The van der Waals surface area contributed by atoms with Crippen LogP contribution in [0.1, 0.15) is 93.4 Å². The summed E-state index contributed by atoms with van der Waals surface area (Å²) in [4.78, 5) is 12.5. The summed E-state index contributed by atoms with van der Waals surface area (Å²) in [7, 11) is 0. The van der Waals surface area contributed by atoms with E-state index in [1.807, 2.05) is 6.08 Å². The summed E-state index contributed by atoms with van der Waals surface area (Å²) in [6.07, 6.45) is 10.4. The van der Waals surface area contributed by atoms with Gasteiger partial charge in [-0.15, -0.1) is 0 Å². The molecule has 0 aromatic heterocycles. The van der Waals surface area contributed by atoms with Crippen LogP contribution in [0.5, 0.6) is 0 Å². The number of carbonyl (C=O) groups is 1. The third-order valence-corrected chi connectivity index (χ3v) is 4.60. The van der Waals surface area contributed by atoms with Crippen LogP contribution in [0.15, 0.2) is 22.8 Å². The molecule has 0 saturated carbocycles. The largest absolute Gasteiger partial charge is 0.287 e. The normalized spacial score (nSPS) is 13.7. The predicted molar refractivity (Wildman–Crippen MR) is 106 cm³/mol. The van der Waals surface area contributed by atoms with Gasteiger partial charge in [-0.1, -0.05) is 78.4 Å². The molecule has 0 aliphatic heterocycles. The second-order valence-electron chi connectivity index (χ2n) is 7.67. The summed E-state index contributed by atoms with van der Waals surface area (Å²) < 4.78 is 0. The van der Waals surface area contributed by atoms with Crippen LogP contribution in [-0.4, -0.2) is 12.5 Å². The van der Waals surface area contributed by atoms with Gasteiger partial charge < -0.3 is 0 Å². The molecule has 0 aromatic carbocycles. The molecule has 0 unspecified atom stereocenters. The highest BCUT2D eigenvalue weighted by Crippen LogP contribution is 2.30. The zero-order chi connectivity index (χ0) is 18.6. The number of hydrazine groups is 1. The van der Waals surface area contributed by atoms with Crippen molar-refractivity contribution in [1.29, 1.82) is 0 Å². The number of rotatable bonds is 11. The van der Waals surface area contributed by atoms with Gasteiger partial charge >= 0.3 is 0 Å². The Labute approximate surface area is 150 Å². The molecule has 0 spiro atoms. The smallest absolute Gasteiger partial charge is 0.265 e. The molecule has 0 saturated heterocycles. The van der Waals surface area contributed by atoms with Crippen molar-refractivity contribution in [3.63, 3.8) is 0 Å². The third kappa shape index (κ3) is 9.27. The van der Waals surface area contributed by atoms with Gasteiger partial charge in [-0.3, -0.25) is 10.2 Å². The van der Waals surface area contributed by atoms with Crippen molar-refractivity contribution in [3.8, 4) is 0 Å². The summed E-state index contributed by atoms with van der Waals surface area (Å²) in [5, 5.41) is 0. The number of unbranched alkanes of at least 4 members (excludes halogenated alkanes) is 5. The Morgan fingerprint density at radius 2 is 1.54 bits per heavy atom. The van der Waals surface area contributed by atoms with Crippen molar-refractivity contribution in [2.45, 2.75) is 93.4 Å². The number of nitrogens with one attached hydrogen (secondary N) is 2. The van der Waals surface area contributed by atoms with E-state index in [4.69, 9.17) is 0 Å². The van der Waals surface area contributed by atoms with Crippen molar-refractivity contribution in [2.75, 3.05) is 6.54 Å². The summed E-state index contributed by atoms with van der Waals surface area (Å²) in [6, 6.07) is 0. The maximum Gasteiger partial charge on any atom is 0.265 e. The Kier molecular flexibility index (Phi) is 11.7. The molecule has 3 nitrogen and oxygen atoms in total. The van der Waals surface area contributed by atoms with Crippen molar-refractivity contribution >= 4 is 5.91 Å². The molecule has 0 rings (SSSR count). The quantitative estimate of drug-likeness (QED) is 0.220. The first-order valence-corrected chi connectivity index (χ1v) is 9.67. The van der Waals surface area contributed by atoms with Gasteiger partial charge in [0, 0.05) is 12.1 Å². The monoisotopic (exact) mass is 336 g/mol. The van der Waals surface area contributed by atoms with E-state index >= 15 is 0 Å². The van der Waals surface area contributed by atoms with Crippen molar-refractivity contribution < 1.29 is 4.79 Å². The van der Waals surface area contributed by atoms with E-state index in [1.54, 1.807) is 0 Å². The van der Waals surface area contributed by atoms with Crippen LogP contribution in [0, 0.1) is 5.41 Å². The lowest BCUT2D eigenvalue weighted by Crippen LogP contribution is -2.39. The molecule has 24 heavy (non-hydrogen) atoms. The highest BCUT2D eigenvalue weighted by Gasteiger charge is 2.19. The fourth-order valence-electron chi connectivity index (χ4n) is 2.59. The van der Waals surface area contributed by atoms with Gasteiger partial charge in [0.25, 0.3) is 5.91 Å². The van der Waals surface area contributed by atoms with E-state index in [0.29, 0.717) is 0 Å². The fraction of sp³-hybridized carbons (Fsp3) is 0.762. The molecule has 0 aliphatic carbocycles. The lowest BCUT2D eigenvalue weighted by molar-refractivity contribution is -0.118. The summed E-state index contributed by atoms with van der Waals surface area (Å²) in [5.74, 6) is -0.0241. The van der Waals surface area contributed by atoms with E-state index in [-0.39, 0.29) is 11.3 Å². The molecule has 0 heterocycles. The number of allylic oxidation sites excluding steroid dienone is 2. The maximum absolute atomic E-state index is 12.5. The third-order valence-electron chi connectivity index (χ3n) is 4.60. The van der Waals surface area contributed by atoms with Crippen LogP contribution in [-0.2, 0) is 4.79 Å². The van der Waals surface area contributed by atoms with E-state index in [0.717, 1.165) is 30.5 Å². The standard InChI is InChI=1S/C21H40N2O/c1-8-10-11-12-13-14-16-22-23-20(24)19(15-9-2)17(3)18(4)21(5,6)7/h15,22H,8-14,16H2,1-7H3,(H,23,24)/b18-17+,19-15+. The second kappa shape index (κ2) is 12.3. The van der Waals surface area contributed by atoms with Gasteiger partial charge in [0.05, 0.1) is 0 Å². The molecule has 1 amide bonds. The summed E-state index contributed by atoms with van der Waals surface area (Å²) in [6.45, 7) is 15.9. The van der Waals surface area contributed by atoms with Crippen molar-refractivity contribution in [3.05, 3.63) is 22.8 Å². The molecule has 0 fully saturated rings. The van der Waals surface area contributed by atoms with Crippen molar-refractivity contribution in [2.24, 2.45) is 5.41 Å². The molecule has 0 bridgehead atoms. The van der Waals surface area contributed by atoms with E-state index in [9.17, 15) is 4.79 Å². The highest BCUT2D eigenvalue weighted by molar-refractivity contribution is 5.97. The first-order chi connectivity index (χ1) is 11.3. The number of carbonyl (C=O) groups excluding carboxylic acids is 1. The average Bonchev–Trinajstić information content (AvgIpc) is 2.52. The molecular weight excluding hydrogens is 296 g/mol. The van der Waals surface area contributed by atoms with Crippen LogP contribution >= 0.6 is 0 Å². The minimum absolute atomic E-state index is 0.0241. The molecule has 0 radical (unpaired) electrons. The highest BCUT2D eigenvalue weighted by atomic mass is 16.2. The maximum atomic E-state index is 12.5. The van der Waals surface area contributed by atoms with E-state index in [1.165, 1.54) is 37.7 Å². The van der Waals surface area contributed by atoms with Crippen molar-refractivity contribution in [1.82, 2.24) is 10.9 Å². The lowest BCUT2D eigenvalue weighted by atomic mass is 9.82. The zero-order valence-corrected chi connectivity index (χ0v) is 17.1. The van der Waals surface area contributed by atoms with Crippen LogP contribution in [0.2, 0.25) is 0 Å². The minimum atomic E-state index is -0.0241. The van der Waals surface area contributed by atoms with Gasteiger partial charge in [-0.05, 0) is 37.7 Å². The van der Waals surface area contributed by atoms with Crippen LogP contribution < -0.4 is 10.9 Å². The van der Waals surface area contributed by atoms with Gasteiger partial charge in [0.15, 0.2) is 0 Å². The minimum Gasteiger partial charge on any atom is -0.287 e. The molecule has 3 heteroatoms. The lowest BCUT2D eigenvalue weighted by Gasteiger charge is -2.23. The Morgan fingerprint density at radius 3 is 2.08 bits per heavy atom. The number of amides is 1. The Bertz CT molecular complexity index is 428. The topological polar surface area (TPSA) is 41.1 Å². The molecule has 140 valence electrons. The second-order valence-corrected chi connectivity index (χ2v) is 7.67. The summed E-state index contributed by atoms with van der Waals surface area (Å²) in [5.41, 5.74) is 9.16. The molecule has 0 atom stereocenters. The Hall–Kier alpha value is -1.09. The van der Waals surface area contributed by atoms with E-state index in [2.05, 4.69) is 59.3 Å². The Morgan fingerprint density at radius 1 is 0.958 bits per heavy atom. The van der Waals surface area contributed by atoms with Crippen LogP contribution in [0.3, 0.4) is 0 Å².